The second-order valence-corrected chi connectivity index (χ2v) is 18.0. The van der Waals surface area contributed by atoms with E-state index in [9.17, 15) is 68.2 Å². The van der Waals surface area contributed by atoms with Crippen LogP contribution < -0.4 is 22.1 Å². The summed E-state index contributed by atoms with van der Waals surface area (Å²) >= 11 is 5.71. The van der Waals surface area contributed by atoms with Crippen molar-refractivity contribution in [1.29, 1.82) is 0 Å². The maximum atomic E-state index is 14.2. The average molecular weight is 1200 g/mol. The zero-order chi connectivity index (χ0) is 61.4. The molecule has 8 aromatic rings. The van der Waals surface area contributed by atoms with Gasteiger partial charge < -0.3 is 41.9 Å². The zero-order valence-corrected chi connectivity index (χ0v) is 43.0. The Morgan fingerprint density at radius 1 is 0.747 bits per heavy atom. The van der Waals surface area contributed by atoms with Crippen molar-refractivity contribution in [3.63, 3.8) is 0 Å². The van der Waals surface area contributed by atoms with Crippen LogP contribution in [0.15, 0.2) is 86.0 Å². The number of nitrogens with one attached hydrogen (secondary N) is 2. The van der Waals surface area contributed by atoms with E-state index in [4.69, 9.17) is 32.7 Å². The summed E-state index contributed by atoms with van der Waals surface area (Å²) in [5.74, 6) is -10.0. The van der Waals surface area contributed by atoms with Crippen LogP contribution >= 0.6 is 11.6 Å². The number of aliphatic hydroxyl groups excluding tert-OH is 1. The van der Waals surface area contributed by atoms with Gasteiger partial charge in [-0.25, -0.2) is 71.3 Å². The molecule has 10 N–H and O–H groups in total. The molecule has 1 fully saturated rings. The Kier molecular flexibility index (Phi) is 19.2. The van der Waals surface area contributed by atoms with Gasteiger partial charge in [-0.15, -0.1) is 0 Å². The number of ether oxygens (including phenoxy) is 1. The van der Waals surface area contributed by atoms with Gasteiger partial charge in [0.25, 0.3) is 23.0 Å². The van der Waals surface area contributed by atoms with Gasteiger partial charge in [-0.05, 0) is 37.1 Å². The third-order valence-corrected chi connectivity index (χ3v) is 11.6. The molecule has 0 spiro atoms. The predicted octanol–water partition coefficient (Wildman–Crippen LogP) is 3.78. The van der Waals surface area contributed by atoms with Crippen molar-refractivity contribution < 1.29 is 88.2 Å². The number of aliphatic hydroxyl groups is 2. The highest BCUT2D eigenvalue weighted by Gasteiger charge is 2.66. The summed E-state index contributed by atoms with van der Waals surface area (Å²) < 4.78 is 140. The molecule has 1 saturated heterocycles. The van der Waals surface area contributed by atoms with Crippen LogP contribution in [-0.4, -0.2) is 152 Å². The van der Waals surface area contributed by atoms with Gasteiger partial charge in [-0.1, -0.05) is 48.0 Å². The molecule has 1 aliphatic rings. The fraction of sp³-hybridized carbons (Fsp3) is 0.277. The molecular weight excluding hydrogens is 1160 g/mol. The Morgan fingerprint density at radius 3 is 1.60 bits per heavy atom. The number of hydrogen-bond donors (Lipinski definition) is 8. The summed E-state index contributed by atoms with van der Waals surface area (Å²) in [6.45, 7) is 0.624. The van der Waals surface area contributed by atoms with Gasteiger partial charge in [0.1, 0.15) is 41.4 Å². The lowest BCUT2D eigenvalue weighted by Crippen LogP contribution is -2.59. The molecule has 0 unspecified atom stereocenters. The SMILES string of the molecule is CC1(C)NC[C@@](C(N)=O)(C(F)(F)F)O1.Fc1ccccc1Cc1nc(-c2ncc(F)c(Cl)n2)cn2ncnc12.NC(=O)[C@](O)(CNc1nc(-c2cn3ncnc3c(Cc3ccccc3F)n2)ncc1F)C(F)(F)F.O=C(O)C[C@@H](O)C(=O)O. The summed E-state index contributed by atoms with van der Waals surface area (Å²) in [5, 5.41) is 46.0. The lowest BCUT2D eigenvalue weighted by molar-refractivity contribution is -0.266. The van der Waals surface area contributed by atoms with Crippen LogP contribution in [0.4, 0.5) is 49.7 Å². The van der Waals surface area contributed by atoms with Crippen molar-refractivity contribution in [2.24, 2.45) is 11.5 Å². The molecule has 0 saturated carbocycles. The Bertz CT molecular complexity index is 3690. The normalized spacial score (nSPS) is 15.8. The van der Waals surface area contributed by atoms with Crippen molar-refractivity contribution in [3.05, 3.63) is 137 Å². The molecular formula is C47H41ClF10N16O9. The van der Waals surface area contributed by atoms with E-state index in [2.05, 4.69) is 65.9 Å². The number of anilines is 1. The molecule has 9 rings (SSSR count). The third kappa shape index (κ3) is 15.0. The highest BCUT2D eigenvalue weighted by atomic mass is 35.5. The van der Waals surface area contributed by atoms with Crippen molar-refractivity contribution >= 4 is 52.5 Å². The summed E-state index contributed by atoms with van der Waals surface area (Å²) in [6, 6.07) is 12.4. The number of rotatable bonds is 14. The van der Waals surface area contributed by atoms with Crippen molar-refractivity contribution in [1.82, 2.24) is 64.4 Å². The number of carbonyl (C=O) groups is 4. The Labute approximate surface area is 462 Å². The highest BCUT2D eigenvalue weighted by Crippen LogP contribution is 2.40. The first-order chi connectivity index (χ1) is 38.8. The number of aliphatic carboxylic acids is 2. The van der Waals surface area contributed by atoms with E-state index in [1.165, 1.54) is 59.9 Å². The van der Waals surface area contributed by atoms with E-state index in [-0.39, 0.29) is 46.8 Å². The lowest BCUT2D eigenvalue weighted by atomic mass is 10.0. The van der Waals surface area contributed by atoms with Gasteiger partial charge in [-0.3, -0.25) is 19.7 Å². The number of nitrogens with two attached hydrogens (primary N) is 2. The van der Waals surface area contributed by atoms with Gasteiger partial charge in [0.15, 0.2) is 51.7 Å². The second-order valence-electron chi connectivity index (χ2n) is 17.6. The quantitative estimate of drug-likeness (QED) is 0.0567. The lowest BCUT2D eigenvalue weighted by Gasteiger charge is -2.29. The number of carboxylic acid groups (broad SMARTS) is 2. The van der Waals surface area contributed by atoms with E-state index >= 15 is 0 Å². The summed E-state index contributed by atoms with van der Waals surface area (Å²) in [4.78, 5) is 73.9. The van der Waals surface area contributed by atoms with Crippen molar-refractivity contribution in [3.8, 4) is 23.0 Å². The van der Waals surface area contributed by atoms with Crippen molar-refractivity contribution in [2.75, 3.05) is 18.4 Å². The van der Waals surface area contributed by atoms with E-state index in [1.54, 1.807) is 36.5 Å². The first-order valence-electron chi connectivity index (χ1n) is 23.1. The number of primary amides is 2. The Morgan fingerprint density at radius 2 is 1.23 bits per heavy atom. The van der Waals surface area contributed by atoms with Crippen LogP contribution in [0.1, 0.15) is 42.8 Å². The molecule has 36 heteroatoms. The Hall–Kier alpha value is -9.19. The number of halogens is 11. The molecule has 2 amide bonds. The predicted molar refractivity (Wildman–Crippen MR) is 263 cm³/mol. The first-order valence-corrected chi connectivity index (χ1v) is 23.5. The molecule has 0 aliphatic carbocycles. The topological polar surface area (TPSA) is 372 Å². The molecule has 83 heavy (non-hydrogen) atoms. The smallest absolute Gasteiger partial charge is 0.428 e. The highest BCUT2D eigenvalue weighted by molar-refractivity contribution is 6.29. The minimum Gasteiger partial charge on any atom is -0.481 e. The molecule has 1 aliphatic heterocycles. The van der Waals surface area contributed by atoms with Gasteiger partial charge in [-0.2, -0.15) is 36.5 Å². The zero-order valence-electron chi connectivity index (χ0n) is 42.2. The van der Waals surface area contributed by atoms with Crippen molar-refractivity contribution in [2.45, 2.75) is 68.5 Å². The average Bonchev–Trinajstić information content (AvgIpc) is 4.33. The molecule has 3 atom stereocenters. The number of benzene rings is 2. The van der Waals surface area contributed by atoms with Crippen LogP contribution in [0.5, 0.6) is 0 Å². The molecule has 0 bridgehead atoms. The fourth-order valence-electron chi connectivity index (χ4n) is 7.04. The van der Waals surface area contributed by atoms with Gasteiger partial charge in [0, 0.05) is 19.4 Å². The first kappa shape index (κ1) is 63.0. The molecule has 0 radical (unpaired) electrons. The number of nitrogens with zero attached hydrogens (tertiary/aromatic N) is 12. The minimum atomic E-state index is -5.43. The second kappa shape index (κ2) is 25.3. The monoisotopic (exact) mass is 1200 g/mol. The molecule has 2 aromatic carbocycles. The summed E-state index contributed by atoms with van der Waals surface area (Å²) in [5.41, 5.74) is 3.98. The van der Waals surface area contributed by atoms with Crippen LogP contribution in [0.2, 0.25) is 5.15 Å². The number of carbonyl (C=O) groups excluding carboxylic acids is 2. The van der Waals surface area contributed by atoms with E-state index in [0.717, 1.165) is 6.20 Å². The largest absolute Gasteiger partial charge is 0.481 e. The number of carboxylic acids is 2. The van der Waals surface area contributed by atoms with Gasteiger partial charge in [0.05, 0.1) is 49.1 Å². The number of aromatic nitrogens is 12. The fourth-order valence-corrected chi connectivity index (χ4v) is 7.16. The van der Waals surface area contributed by atoms with Crippen LogP contribution in [0.25, 0.3) is 34.3 Å². The number of fused-ring (bicyclic) bond motifs is 2. The van der Waals surface area contributed by atoms with Crippen LogP contribution in [0, 0.1) is 23.3 Å². The maximum Gasteiger partial charge on any atom is 0.428 e. The molecule has 25 nitrogen and oxygen atoms in total. The minimum absolute atomic E-state index is 0.00619. The number of amides is 2. The van der Waals surface area contributed by atoms with E-state index in [1.807, 2.05) is 5.32 Å². The standard InChI is InChI=1S/C20H15F5N8O2.C16H9ClF2N6.C7H11F3N2O2.C4H6O5/c21-11-4-2-1-3-10(11)5-13-17-29-9-30-33(17)7-14(31-13)16-27-6-12(22)15(32-16)28-8-19(35,18(26)34)20(23,24)25;17-14-11(19)6-20-15(24-14)13-7-25-16(21-8-22-25)12(23-13)5-9-3-1-2-4-10(9)18;1-5(2)12-3-6(14-5,4(11)13)7(8,9)10;5-2(4(8)9)1-3(6)7/h1-4,6-7,9,35H,5,8H2,(H2,26,34)(H,27,28,32);1-4,6-8H,5H2;12H,3H2,1-2H3,(H2,11,13);2,5H,1H2,(H,6,7)(H,8,9)/t19-;;6-;2-/m1.11/s1. The summed E-state index contributed by atoms with van der Waals surface area (Å²) in [7, 11) is 0. The summed E-state index contributed by atoms with van der Waals surface area (Å²) in [6.07, 6.45) is -5.47. The Balaban J connectivity index is 0.000000199. The molecule has 440 valence electrons. The molecule has 6 aromatic heterocycles. The van der Waals surface area contributed by atoms with Crippen LogP contribution in [0.3, 0.4) is 0 Å². The van der Waals surface area contributed by atoms with E-state index < -0.39 is 102 Å². The molecule has 7 heterocycles. The van der Waals surface area contributed by atoms with Crippen LogP contribution in [-0.2, 0) is 36.8 Å². The van der Waals surface area contributed by atoms with E-state index in [0.29, 0.717) is 40.0 Å². The van der Waals surface area contributed by atoms with Gasteiger partial charge >= 0.3 is 24.3 Å². The third-order valence-electron chi connectivity index (χ3n) is 11.3. The number of alkyl halides is 6. The number of hydrogen-bond acceptors (Lipinski definition) is 19. The maximum absolute atomic E-state index is 14.2. The van der Waals surface area contributed by atoms with Gasteiger partial charge in [0.2, 0.25) is 0 Å².